The van der Waals surface area contributed by atoms with Crippen LogP contribution in [0.25, 0.3) is 10.9 Å². The lowest BCUT2D eigenvalue weighted by molar-refractivity contribution is -0.146. The first-order chi connectivity index (χ1) is 12.5. The van der Waals surface area contributed by atoms with Crippen LogP contribution in [0.15, 0.2) is 6.07 Å². The molecule has 26 heavy (non-hydrogen) atoms. The van der Waals surface area contributed by atoms with E-state index >= 15 is 0 Å². The highest BCUT2D eigenvalue weighted by atomic mass is 16.5. The van der Waals surface area contributed by atoms with Gasteiger partial charge in [-0.3, -0.25) is 4.79 Å². The molecule has 0 radical (unpaired) electrons. The van der Waals surface area contributed by atoms with Gasteiger partial charge in [-0.05, 0) is 38.3 Å². The lowest BCUT2D eigenvalue weighted by atomic mass is 9.97. The number of ether oxygens (including phenoxy) is 2. The molecule has 0 bridgehead atoms. The molecule has 0 saturated heterocycles. The van der Waals surface area contributed by atoms with E-state index in [1.54, 1.807) is 6.92 Å². The van der Waals surface area contributed by atoms with E-state index < -0.39 is 6.10 Å². The van der Waals surface area contributed by atoms with Gasteiger partial charge in [-0.25, -0.2) is 0 Å². The summed E-state index contributed by atoms with van der Waals surface area (Å²) in [5.41, 5.74) is 4.07. The number of aromatic hydroxyl groups is 1. The van der Waals surface area contributed by atoms with Crippen LogP contribution in [0.5, 0.6) is 5.75 Å². The molecular weight excluding hydrogens is 332 g/mol. The van der Waals surface area contributed by atoms with Crippen molar-refractivity contribution in [2.45, 2.75) is 52.7 Å². The first kappa shape index (κ1) is 18.3. The normalized spacial score (nSPS) is 16.3. The Balaban J connectivity index is 2.27. The standard InChI is InChI=1S/C20H24N2O4/c1-4-7-22-19-12(3)15(23)9-13(11-21)18(19)14-6-8-26-16(20(14)22)10-17(24)25-5-2/h9,16,23H,4-8,10H2,1-3H3. The largest absolute Gasteiger partial charge is 0.508 e. The molecule has 0 fully saturated rings. The van der Waals surface area contributed by atoms with Crippen molar-refractivity contribution in [1.82, 2.24) is 4.57 Å². The Bertz CT molecular complexity index is 892. The second kappa shape index (κ2) is 7.38. The van der Waals surface area contributed by atoms with E-state index in [4.69, 9.17) is 9.47 Å². The lowest BCUT2D eigenvalue weighted by Gasteiger charge is -2.25. The summed E-state index contributed by atoms with van der Waals surface area (Å²) in [5.74, 6) is -0.178. The molecule has 0 spiro atoms. The zero-order chi connectivity index (χ0) is 18.8. The molecule has 1 N–H and O–H groups in total. The van der Waals surface area contributed by atoms with Gasteiger partial charge in [0.2, 0.25) is 0 Å². The maximum absolute atomic E-state index is 12.0. The molecule has 2 aromatic rings. The number of aromatic nitrogens is 1. The average molecular weight is 356 g/mol. The number of hydrogen-bond donors (Lipinski definition) is 1. The van der Waals surface area contributed by atoms with Crippen LogP contribution < -0.4 is 0 Å². The fourth-order valence-corrected chi connectivity index (χ4v) is 3.88. The Labute approximate surface area is 152 Å². The van der Waals surface area contributed by atoms with E-state index in [1.165, 1.54) is 6.07 Å². The molecule has 1 aliphatic heterocycles. The van der Waals surface area contributed by atoms with Crippen molar-refractivity contribution in [3.8, 4) is 11.8 Å². The minimum atomic E-state index is -0.398. The first-order valence-corrected chi connectivity index (χ1v) is 9.08. The number of rotatable bonds is 5. The van der Waals surface area contributed by atoms with Crippen LogP contribution >= 0.6 is 0 Å². The summed E-state index contributed by atoms with van der Waals surface area (Å²) in [6, 6.07) is 3.75. The quantitative estimate of drug-likeness (QED) is 0.829. The van der Waals surface area contributed by atoms with E-state index in [-0.39, 0.29) is 18.1 Å². The molecule has 0 saturated carbocycles. The van der Waals surface area contributed by atoms with Crippen LogP contribution in [0.2, 0.25) is 0 Å². The summed E-state index contributed by atoms with van der Waals surface area (Å²) in [4.78, 5) is 12.0. The van der Waals surface area contributed by atoms with Crippen molar-refractivity contribution >= 4 is 16.9 Å². The van der Waals surface area contributed by atoms with Crippen molar-refractivity contribution < 1.29 is 19.4 Å². The molecule has 1 atom stereocenters. The van der Waals surface area contributed by atoms with Crippen LogP contribution in [0.3, 0.4) is 0 Å². The van der Waals surface area contributed by atoms with Crippen LogP contribution in [0.1, 0.15) is 55.2 Å². The highest BCUT2D eigenvalue weighted by molar-refractivity contribution is 5.95. The zero-order valence-corrected chi connectivity index (χ0v) is 15.5. The second-order valence-electron chi connectivity index (χ2n) is 6.54. The fourth-order valence-electron chi connectivity index (χ4n) is 3.88. The zero-order valence-electron chi connectivity index (χ0n) is 15.5. The number of esters is 1. The highest BCUT2D eigenvalue weighted by Gasteiger charge is 2.32. The maximum Gasteiger partial charge on any atom is 0.308 e. The van der Waals surface area contributed by atoms with Crippen LogP contribution in [-0.2, 0) is 27.2 Å². The number of fused-ring (bicyclic) bond motifs is 3. The molecule has 1 unspecified atom stereocenters. The van der Waals surface area contributed by atoms with Gasteiger partial charge < -0.3 is 19.1 Å². The van der Waals surface area contributed by atoms with Gasteiger partial charge in [0.05, 0.1) is 42.5 Å². The highest BCUT2D eigenvalue weighted by Crippen LogP contribution is 2.42. The van der Waals surface area contributed by atoms with E-state index in [1.807, 2.05) is 6.92 Å². The summed E-state index contributed by atoms with van der Waals surface area (Å²) in [6.45, 7) is 7.27. The smallest absolute Gasteiger partial charge is 0.308 e. The molecule has 1 aromatic heterocycles. The van der Waals surface area contributed by atoms with Gasteiger partial charge in [0.25, 0.3) is 0 Å². The van der Waals surface area contributed by atoms with Gasteiger partial charge in [0.15, 0.2) is 0 Å². The molecule has 0 aliphatic carbocycles. The molecule has 0 amide bonds. The minimum absolute atomic E-state index is 0.115. The fraction of sp³-hybridized carbons (Fsp3) is 0.500. The Morgan fingerprint density at radius 1 is 1.50 bits per heavy atom. The summed E-state index contributed by atoms with van der Waals surface area (Å²) >= 11 is 0. The van der Waals surface area contributed by atoms with E-state index in [9.17, 15) is 15.2 Å². The third kappa shape index (κ3) is 2.93. The van der Waals surface area contributed by atoms with E-state index in [0.29, 0.717) is 25.2 Å². The molecule has 3 rings (SSSR count). The van der Waals surface area contributed by atoms with Gasteiger partial charge in [0, 0.05) is 17.5 Å². The van der Waals surface area contributed by atoms with E-state index in [2.05, 4.69) is 17.6 Å². The molecule has 6 heteroatoms. The van der Waals surface area contributed by atoms with E-state index in [0.717, 1.165) is 40.7 Å². The number of aryl methyl sites for hydroxylation is 2. The van der Waals surface area contributed by atoms with Crippen molar-refractivity contribution in [1.29, 1.82) is 5.26 Å². The molecule has 138 valence electrons. The Hall–Kier alpha value is -2.52. The first-order valence-electron chi connectivity index (χ1n) is 9.08. The Morgan fingerprint density at radius 2 is 2.27 bits per heavy atom. The molecule has 1 aliphatic rings. The molecular formula is C20H24N2O4. The third-order valence-electron chi connectivity index (χ3n) is 4.90. The van der Waals surface area contributed by atoms with Gasteiger partial charge in [-0.15, -0.1) is 0 Å². The monoisotopic (exact) mass is 356 g/mol. The Kier molecular flexibility index (Phi) is 5.19. The number of benzene rings is 1. The number of hydrogen-bond acceptors (Lipinski definition) is 5. The summed E-state index contributed by atoms with van der Waals surface area (Å²) in [6.07, 6.45) is 1.32. The number of carbonyl (C=O) groups is 1. The Morgan fingerprint density at radius 3 is 2.92 bits per heavy atom. The van der Waals surface area contributed by atoms with Gasteiger partial charge in [-0.2, -0.15) is 5.26 Å². The van der Waals surface area contributed by atoms with Crippen molar-refractivity contribution in [2.75, 3.05) is 13.2 Å². The molecule has 1 aromatic carbocycles. The molecule has 2 heterocycles. The number of phenols is 1. The topological polar surface area (TPSA) is 84.5 Å². The van der Waals surface area contributed by atoms with Gasteiger partial charge in [0.1, 0.15) is 11.9 Å². The lowest BCUT2D eigenvalue weighted by Crippen LogP contribution is -2.22. The predicted octanol–water partition coefficient (Wildman–Crippen LogP) is 3.50. The van der Waals surface area contributed by atoms with Crippen molar-refractivity contribution in [3.05, 3.63) is 28.5 Å². The van der Waals surface area contributed by atoms with Gasteiger partial charge in [-0.1, -0.05) is 6.92 Å². The maximum atomic E-state index is 12.0. The average Bonchev–Trinajstić information content (AvgIpc) is 2.94. The van der Waals surface area contributed by atoms with Crippen LogP contribution in [-0.4, -0.2) is 28.9 Å². The number of nitrogens with zero attached hydrogens (tertiary/aromatic N) is 2. The summed E-state index contributed by atoms with van der Waals surface area (Å²) in [7, 11) is 0. The SMILES string of the molecule is CCCn1c2c(c3c(C#N)cc(O)c(C)c31)CCOC2CC(=O)OCC. The third-order valence-corrected chi connectivity index (χ3v) is 4.90. The predicted molar refractivity (Wildman–Crippen MR) is 97.0 cm³/mol. The van der Waals surface area contributed by atoms with Crippen LogP contribution in [0, 0.1) is 18.3 Å². The second-order valence-corrected chi connectivity index (χ2v) is 6.54. The van der Waals surface area contributed by atoms with Crippen molar-refractivity contribution in [2.24, 2.45) is 0 Å². The van der Waals surface area contributed by atoms with Crippen LogP contribution in [0.4, 0.5) is 0 Å². The number of carbonyl (C=O) groups excluding carboxylic acids is 1. The summed E-state index contributed by atoms with van der Waals surface area (Å²) < 4.78 is 13.1. The number of nitriles is 1. The minimum Gasteiger partial charge on any atom is -0.508 e. The summed E-state index contributed by atoms with van der Waals surface area (Å²) in [5, 5.41) is 20.8. The van der Waals surface area contributed by atoms with Crippen molar-refractivity contribution in [3.63, 3.8) is 0 Å². The number of phenolic OH excluding ortho intramolecular Hbond substituents is 1. The molecule has 6 nitrogen and oxygen atoms in total. The van der Waals surface area contributed by atoms with Gasteiger partial charge >= 0.3 is 5.97 Å².